The van der Waals surface area contributed by atoms with Crippen LogP contribution in [0.15, 0.2) is 48.0 Å². The van der Waals surface area contributed by atoms with Crippen molar-refractivity contribution in [2.24, 2.45) is 5.92 Å². The zero-order chi connectivity index (χ0) is 12.8. The van der Waals surface area contributed by atoms with Gasteiger partial charge in [-0.25, -0.2) is 0 Å². The lowest BCUT2D eigenvalue weighted by Crippen LogP contribution is -2.55. The highest BCUT2D eigenvalue weighted by Crippen LogP contribution is 2.35. The lowest BCUT2D eigenvalue weighted by atomic mass is 9.83. The summed E-state index contributed by atoms with van der Waals surface area (Å²) in [5, 5.41) is 0. The summed E-state index contributed by atoms with van der Waals surface area (Å²) < 4.78 is 5.77. The Kier molecular flexibility index (Phi) is 2.55. The SMILES string of the molecule is C=CC1=C2C=CN([C@H]3CN4CCC3CC4)C=C2OC1. The fraction of sp³-hybridized carbons (Fsp3) is 0.500. The average Bonchev–Trinajstić information content (AvgIpc) is 2.90. The molecule has 0 amide bonds. The third kappa shape index (κ3) is 1.76. The Bertz CT molecular complexity index is 495. The van der Waals surface area contributed by atoms with Crippen LogP contribution in [0.1, 0.15) is 12.8 Å². The minimum atomic E-state index is 0.629. The molecule has 3 nitrogen and oxygen atoms in total. The van der Waals surface area contributed by atoms with Crippen molar-refractivity contribution in [2.75, 3.05) is 26.2 Å². The second-order valence-electron chi connectivity index (χ2n) is 5.89. The van der Waals surface area contributed by atoms with E-state index in [1.54, 1.807) is 0 Å². The van der Waals surface area contributed by atoms with Crippen LogP contribution in [0.3, 0.4) is 0 Å². The van der Waals surface area contributed by atoms with Crippen LogP contribution in [0.4, 0.5) is 0 Å². The fourth-order valence-corrected chi connectivity index (χ4v) is 3.75. The van der Waals surface area contributed by atoms with Crippen molar-refractivity contribution in [3.05, 3.63) is 48.0 Å². The molecule has 0 spiro atoms. The van der Waals surface area contributed by atoms with E-state index in [4.69, 9.17) is 4.74 Å². The van der Waals surface area contributed by atoms with Gasteiger partial charge in [-0.1, -0.05) is 12.7 Å². The van der Waals surface area contributed by atoms with Gasteiger partial charge < -0.3 is 14.5 Å². The van der Waals surface area contributed by atoms with Gasteiger partial charge in [0, 0.05) is 30.6 Å². The Morgan fingerprint density at radius 2 is 2.16 bits per heavy atom. The largest absolute Gasteiger partial charge is 0.487 e. The van der Waals surface area contributed by atoms with Gasteiger partial charge in [0.05, 0.1) is 0 Å². The first-order valence-electron chi connectivity index (χ1n) is 7.24. The Balaban J connectivity index is 1.59. The topological polar surface area (TPSA) is 15.7 Å². The Morgan fingerprint density at radius 1 is 1.32 bits per heavy atom. The van der Waals surface area contributed by atoms with Crippen molar-refractivity contribution in [1.82, 2.24) is 9.80 Å². The van der Waals surface area contributed by atoms with E-state index in [1.807, 2.05) is 6.08 Å². The molecule has 0 aliphatic carbocycles. The van der Waals surface area contributed by atoms with Crippen LogP contribution in [0, 0.1) is 5.92 Å². The summed E-state index contributed by atoms with van der Waals surface area (Å²) in [5.41, 5.74) is 2.42. The number of fused-ring (bicyclic) bond motifs is 4. The Labute approximate surface area is 114 Å². The van der Waals surface area contributed by atoms with E-state index < -0.39 is 0 Å². The maximum atomic E-state index is 5.77. The molecule has 5 aliphatic rings. The maximum Gasteiger partial charge on any atom is 0.143 e. The van der Waals surface area contributed by atoms with Crippen molar-refractivity contribution in [2.45, 2.75) is 18.9 Å². The standard InChI is InChI=1S/C16H20N2O/c1-2-12-11-19-16-10-18(8-5-14(12)16)15-9-17-6-3-13(15)4-7-17/h2,5,8,10,13,15H,1,3-4,6-7,9,11H2/t15-/m0/s1. The number of piperidine rings is 3. The summed E-state index contributed by atoms with van der Waals surface area (Å²) in [6, 6.07) is 0.629. The van der Waals surface area contributed by atoms with Crippen molar-refractivity contribution in [3.8, 4) is 0 Å². The molecule has 19 heavy (non-hydrogen) atoms. The lowest BCUT2D eigenvalue weighted by Gasteiger charge is -2.48. The van der Waals surface area contributed by atoms with Crippen molar-refractivity contribution >= 4 is 0 Å². The molecule has 0 radical (unpaired) electrons. The summed E-state index contributed by atoms with van der Waals surface area (Å²) >= 11 is 0. The van der Waals surface area contributed by atoms with E-state index in [0.717, 1.165) is 11.7 Å². The van der Waals surface area contributed by atoms with Crippen molar-refractivity contribution < 1.29 is 4.74 Å². The van der Waals surface area contributed by atoms with Gasteiger partial charge in [0.2, 0.25) is 0 Å². The second kappa shape index (κ2) is 4.27. The summed E-state index contributed by atoms with van der Waals surface area (Å²) in [6.45, 7) is 8.30. The molecule has 1 atom stereocenters. The molecule has 100 valence electrons. The smallest absolute Gasteiger partial charge is 0.143 e. The minimum absolute atomic E-state index is 0.629. The number of rotatable bonds is 2. The molecule has 0 aromatic carbocycles. The van der Waals surface area contributed by atoms with E-state index in [1.165, 1.54) is 43.6 Å². The molecule has 3 fully saturated rings. The molecule has 3 heteroatoms. The van der Waals surface area contributed by atoms with E-state index >= 15 is 0 Å². The number of allylic oxidation sites excluding steroid dienone is 1. The zero-order valence-corrected chi connectivity index (χ0v) is 11.2. The molecule has 0 saturated carbocycles. The average molecular weight is 256 g/mol. The number of ether oxygens (including phenoxy) is 1. The molecule has 2 bridgehead atoms. The zero-order valence-electron chi connectivity index (χ0n) is 11.2. The summed E-state index contributed by atoms with van der Waals surface area (Å²) in [7, 11) is 0. The molecule has 0 unspecified atom stereocenters. The third-order valence-electron chi connectivity index (χ3n) is 4.93. The van der Waals surface area contributed by atoms with E-state index in [-0.39, 0.29) is 0 Å². The summed E-state index contributed by atoms with van der Waals surface area (Å²) in [5.74, 6) is 1.87. The normalized spacial score (nSPS) is 36.1. The number of hydrogen-bond donors (Lipinski definition) is 0. The van der Waals surface area contributed by atoms with Crippen LogP contribution in [-0.2, 0) is 4.74 Å². The second-order valence-corrected chi connectivity index (χ2v) is 5.89. The quantitative estimate of drug-likeness (QED) is 0.754. The van der Waals surface area contributed by atoms with Gasteiger partial charge >= 0.3 is 0 Å². The molecule has 0 N–H and O–H groups in total. The molecular formula is C16H20N2O. The van der Waals surface area contributed by atoms with Crippen LogP contribution in [0.2, 0.25) is 0 Å². The van der Waals surface area contributed by atoms with Crippen LogP contribution in [-0.4, -0.2) is 42.1 Å². The van der Waals surface area contributed by atoms with Gasteiger partial charge in [-0.05, 0) is 43.5 Å². The molecular weight excluding hydrogens is 236 g/mol. The minimum Gasteiger partial charge on any atom is -0.487 e. The molecule has 3 saturated heterocycles. The van der Waals surface area contributed by atoms with Gasteiger partial charge in [-0.2, -0.15) is 0 Å². The molecule has 5 rings (SSSR count). The van der Waals surface area contributed by atoms with Gasteiger partial charge in [0.1, 0.15) is 12.4 Å². The Hall–Kier alpha value is -1.48. The molecule has 0 aromatic heterocycles. The maximum absolute atomic E-state index is 5.77. The first-order valence-corrected chi connectivity index (χ1v) is 7.24. The number of hydrogen-bond acceptors (Lipinski definition) is 3. The van der Waals surface area contributed by atoms with Gasteiger partial charge in [0.25, 0.3) is 0 Å². The first kappa shape index (κ1) is 11.4. The van der Waals surface area contributed by atoms with Gasteiger partial charge in [0.15, 0.2) is 0 Å². The van der Waals surface area contributed by atoms with E-state index in [9.17, 15) is 0 Å². The molecule has 5 heterocycles. The lowest BCUT2D eigenvalue weighted by molar-refractivity contribution is 0.0399. The summed E-state index contributed by atoms with van der Waals surface area (Å²) in [6.07, 6.45) is 11.2. The third-order valence-corrected chi connectivity index (χ3v) is 4.93. The predicted octanol–water partition coefficient (Wildman–Crippen LogP) is 2.26. The summed E-state index contributed by atoms with van der Waals surface area (Å²) in [4.78, 5) is 4.97. The monoisotopic (exact) mass is 256 g/mol. The number of nitrogens with zero attached hydrogens (tertiary/aromatic N) is 2. The predicted molar refractivity (Wildman–Crippen MR) is 75.2 cm³/mol. The van der Waals surface area contributed by atoms with Crippen LogP contribution in [0.5, 0.6) is 0 Å². The molecule has 5 aliphatic heterocycles. The highest BCUT2D eigenvalue weighted by atomic mass is 16.5. The van der Waals surface area contributed by atoms with Crippen molar-refractivity contribution in [1.29, 1.82) is 0 Å². The van der Waals surface area contributed by atoms with Crippen LogP contribution < -0.4 is 0 Å². The fourth-order valence-electron chi connectivity index (χ4n) is 3.75. The highest BCUT2D eigenvalue weighted by Gasteiger charge is 2.37. The van der Waals surface area contributed by atoms with Crippen LogP contribution >= 0.6 is 0 Å². The highest BCUT2D eigenvalue weighted by molar-refractivity contribution is 5.49. The van der Waals surface area contributed by atoms with Crippen molar-refractivity contribution in [3.63, 3.8) is 0 Å². The van der Waals surface area contributed by atoms with Gasteiger partial charge in [-0.3, -0.25) is 0 Å². The Morgan fingerprint density at radius 3 is 2.84 bits per heavy atom. The first-order chi connectivity index (χ1) is 9.35. The molecule has 0 aromatic rings. The van der Waals surface area contributed by atoms with Gasteiger partial charge in [-0.15, -0.1) is 0 Å². The van der Waals surface area contributed by atoms with E-state index in [0.29, 0.717) is 12.6 Å². The van der Waals surface area contributed by atoms with Crippen LogP contribution in [0.25, 0.3) is 0 Å². The van der Waals surface area contributed by atoms with E-state index in [2.05, 4.69) is 34.9 Å².